The third-order valence-electron chi connectivity index (χ3n) is 2.92. The van der Waals surface area contributed by atoms with Crippen LogP contribution in [-0.2, 0) is 0 Å². The molecule has 0 amide bonds. The van der Waals surface area contributed by atoms with E-state index in [0.29, 0.717) is 0 Å². The van der Waals surface area contributed by atoms with Crippen molar-refractivity contribution in [1.29, 1.82) is 0 Å². The van der Waals surface area contributed by atoms with Crippen LogP contribution in [0.4, 0.5) is 0 Å². The molecule has 0 aromatic heterocycles. The number of hydrogen-bond acceptors (Lipinski definition) is 3. The first-order chi connectivity index (χ1) is 6.11. The number of nitrogens with zero attached hydrogens (tertiary/aromatic N) is 2. The molecule has 0 bridgehead atoms. The Labute approximate surface area is 88.0 Å². The van der Waals surface area contributed by atoms with Gasteiger partial charge in [-0.2, -0.15) is 0 Å². The first-order valence-electron chi connectivity index (χ1n) is 5.21. The topological polar surface area (TPSA) is 18.5 Å². The van der Waals surface area contributed by atoms with E-state index < -0.39 is 16.7 Å². The zero-order valence-corrected chi connectivity index (χ0v) is 11.8. The summed E-state index contributed by atoms with van der Waals surface area (Å²) >= 11 is -1.20. The van der Waals surface area contributed by atoms with Crippen LogP contribution in [0.15, 0.2) is 0 Å². The second-order valence-electron chi connectivity index (χ2n) is 4.38. The zero-order valence-electron chi connectivity index (χ0n) is 9.38. The van der Waals surface area contributed by atoms with Crippen molar-refractivity contribution in [3.8, 4) is 0 Å². The van der Waals surface area contributed by atoms with Gasteiger partial charge in [-0.3, -0.25) is 0 Å². The van der Waals surface area contributed by atoms with Crippen LogP contribution in [0.25, 0.3) is 0 Å². The Bertz CT molecular complexity index is 152. The Balaban J connectivity index is 2.15. The third-order valence-corrected chi connectivity index (χ3v) is 9.54. The van der Waals surface area contributed by atoms with Crippen molar-refractivity contribution >= 4 is 16.7 Å². The molecule has 0 saturated carbocycles. The van der Waals surface area contributed by atoms with Gasteiger partial charge < -0.3 is 0 Å². The number of nitrogens with one attached hydrogen (secondary N) is 1. The molecule has 1 aliphatic heterocycles. The number of hydrogen-bond donors (Lipinski definition) is 1. The molecule has 0 aromatic carbocycles. The van der Waals surface area contributed by atoms with E-state index in [2.05, 4.69) is 40.6 Å². The van der Waals surface area contributed by atoms with E-state index in [4.69, 9.17) is 0 Å². The van der Waals surface area contributed by atoms with Gasteiger partial charge in [-0.25, -0.2) is 0 Å². The van der Waals surface area contributed by atoms with E-state index in [1.54, 1.807) is 0 Å². The van der Waals surface area contributed by atoms with Crippen LogP contribution >= 0.6 is 0 Å². The van der Waals surface area contributed by atoms with Crippen LogP contribution in [0.2, 0.25) is 4.98 Å². The second kappa shape index (κ2) is 5.41. The van der Waals surface area contributed by atoms with E-state index in [-0.39, 0.29) is 0 Å². The zero-order chi connectivity index (χ0) is 9.84. The van der Waals surface area contributed by atoms with E-state index >= 15 is 0 Å². The van der Waals surface area contributed by atoms with Crippen LogP contribution in [0.1, 0.15) is 13.3 Å². The number of rotatable bonds is 4. The van der Waals surface area contributed by atoms with Gasteiger partial charge in [0.05, 0.1) is 0 Å². The Morgan fingerprint density at radius 2 is 2.23 bits per heavy atom. The Kier molecular flexibility index (Phi) is 4.82. The molecule has 1 fully saturated rings. The minimum absolute atomic E-state index is 0.782. The Hall–Kier alpha value is 0.516. The fraction of sp³-hybridized carbons (Fsp3) is 1.00. The van der Waals surface area contributed by atoms with Gasteiger partial charge >= 0.3 is 87.8 Å². The summed E-state index contributed by atoms with van der Waals surface area (Å²) in [6, 6.07) is 0.782. The van der Waals surface area contributed by atoms with Crippen molar-refractivity contribution < 1.29 is 0 Å². The summed E-state index contributed by atoms with van der Waals surface area (Å²) in [5.41, 5.74) is 0. The molecule has 76 valence electrons. The first-order valence-corrected chi connectivity index (χ1v) is 9.22. The fourth-order valence-electron chi connectivity index (χ4n) is 1.81. The summed E-state index contributed by atoms with van der Waals surface area (Å²) in [6.45, 7) is 4.79. The molecule has 0 radical (unpaired) electrons. The van der Waals surface area contributed by atoms with Crippen molar-refractivity contribution in [1.82, 2.24) is 12.5 Å². The molecule has 1 rings (SSSR count). The van der Waals surface area contributed by atoms with E-state index in [1.807, 2.05) is 0 Å². The van der Waals surface area contributed by atoms with Crippen LogP contribution in [-0.4, -0.2) is 65.5 Å². The van der Waals surface area contributed by atoms with Gasteiger partial charge in [0.25, 0.3) is 0 Å². The van der Waals surface area contributed by atoms with E-state index in [0.717, 1.165) is 6.04 Å². The average molecular weight is 242 g/mol. The molecule has 1 saturated heterocycles. The number of likely N-dealkylation sites (N-methyl/N-ethyl adjacent to an activating group) is 1. The van der Waals surface area contributed by atoms with Crippen molar-refractivity contribution in [2.45, 2.75) is 24.4 Å². The van der Waals surface area contributed by atoms with Crippen molar-refractivity contribution in [3.63, 3.8) is 0 Å². The summed E-state index contributed by atoms with van der Waals surface area (Å²) in [4.78, 5) is 3.73. The van der Waals surface area contributed by atoms with Gasteiger partial charge in [-0.05, 0) is 0 Å². The molecular weight excluding hydrogens is 220 g/mol. The van der Waals surface area contributed by atoms with Crippen molar-refractivity contribution in [2.24, 2.45) is 0 Å². The monoisotopic (exact) mass is 241 g/mol. The molecule has 1 heterocycles. The third kappa shape index (κ3) is 3.63. The standard InChI is InChI=1S/C5H12N.C4H10N2.Ga/c1-4-5-6(2)3;1-4(3-5)6-2;/h1,4-5H2,2-3H3;4-5H,3H2,1-2H3;/q;-2;+2. The van der Waals surface area contributed by atoms with Crippen LogP contribution in [0.3, 0.4) is 0 Å². The molecule has 13 heavy (non-hydrogen) atoms. The molecule has 1 aliphatic rings. The van der Waals surface area contributed by atoms with E-state index in [9.17, 15) is 0 Å². The maximum atomic E-state index is 3.72. The predicted molar refractivity (Wildman–Crippen MR) is 59.0 cm³/mol. The SMILES string of the molecule is CC1C[NH][Ga]([CH2]CCN(C)C)[N]1C. The van der Waals surface area contributed by atoms with Crippen LogP contribution < -0.4 is 4.02 Å². The molecular formula is C9H22GaN3. The molecule has 0 aliphatic carbocycles. The van der Waals surface area contributed by atoms with Gasteiger partial charge in [0.2, 0.25) is 0 Å². The van der Waals surface area contributed by atoms with Crippen LogP contribution in [0.5, 0.6) is 0 Å². The van der Waals surface area contributed by atoms with Gasteiger partial charge in [-0.15, -0.1) is 0 Å². The fourth-order valence-corrected chi connectivity index (χ4v) is 7.69. The quantitative estimate of drug-likeness (QED) is 0.717. The maximum absolute atomic E-state index is 3.72. The Morgan fingerprint density at radius 3 is 2.69 bits per heavy atom. The Morgan fingerprint density at radius 1 is 1.54 bits per heavy atom. The summed E-state index contributed by atoms with van der Waals surface area (Å²) < 4.78 is 6.35. The molecule has 0 aromatic rings. The second-order valence-corrected chi connectivity index (χ2v) is 10.3. The van der Waals surface area contributed by atoms with Gasteiger partial charge in [0, 0.05) is 0 Å². The molecule has 1 N–H and O–H groups in total. The molecule has 4 heteroatoms. The summed E-state index contributed by atoms with van der Waals surface area (Å²) in [5.74, 6) is 0. The molecule has 1 unspecified atom stereocenters. The molecule has 0 spiro atoms. The molecule has 3 nitrogen and oxygen atoms in total. The van der Waals surface area contributed by atoms with Gasteiger partial charge in [-0.1, -0.05) is 0 Å². The average Bonchev–Trinajstić information content (AvgIpc) is 2.35. The first kappa shape index (κ1) is 11.6. The van der Waals surface area contributed by atoms with Crippen molar-refractivity contribution in [3.05, 3.63) is 0 Å². The summed E-state index contributed by atoms with van der Waals surface area (Å²) in [6.07, 6.45) is 1.36. The summed E-state index contributed by atoms with van der Waals surface area (Å²) in [5, 5.41) is 0. The van der Waals surface area contributed by atoms with Gasteiger partial charge in [0.1, 0.15) is 0 Å². The van der Waals surface area contributed by atoms with Gasteiger partial charge in [0.15, 0.2) is 0 Å². The van der Waals surface area contributed by atoms with Crippen molar-refractivity contribution in [2.75, 3.05) is 34.2 Å². The van der Waals surface area contributed by atoms with Crippen LogP contribution in [0, 0.1) is 0 Å². The normalized spacial score (nSPS) is 24.7. The minimum atomic E-state index is -1.20. The summed E-state index contributed by atoms with van der Waals surface area (Å²) in [7, 11) is 6.60. The molecule has 1 atom stereocenters. The predicted octanol–water partition coefficient (Wildman–Crippen LogP) is 0.350. The van der Waals surface area contributed by atoms with E-state index in [1.165, 1.54) is 24.5 Å².